The summed E-state index contributed by atoms with van der Waals surface area (Å²) in [6, 6.07) is 15.9. The standard InChI is InChI=1S/C22H29NO3/c1-4-25-16-20-15-19(13-14-21(20)26-5-2)22(24)23-17(3)11-12-18-9-7-6-8-10-18/h6-10,13-15,17H,4-5,11-12,16H2,1-3H3,(H,23,24). The van der Waals surface area contributed by atoms with Gasteiger partial charge in [0.15, 0.2) is 0 Å². The number of aryl methyl sites for hydroxylation is 1. The zero-order chi connectivity index (χ0) is 18.8. The number of amides is 1. The maximum Gasteiger partial charge on any atom is 0.251 e. The minimum atomic E-state index is -0.0636. The van der Waals surface area contributed by atoms with Gasteiger partial charge < -0.3 is 14.8 Å². The smallest absolute Gasteiger partial charge is 0.251 e. The highest BCUT2D eigenvalue weighted by molar-refractivity contribution is 5.94. The van der Waals surface area contributed by atoms with E-state index in [1.165, 1.54) is 5.56 Å². The van der Waals surface area contributed by atoms with E-state index < -0.39 is 0 Å². The lowest BCUT2D eigenvalue weighted by atomic mass is 10.1. The summed E-state index contributed by atoms with van der Waals surface area (Å²) in [5, 5.41) is 3.08. The predicted octanol–water partition coefficient (Wildman–Crippen LogP) is 4.37. The minimum Gasteiger partial charge on any atom is -0.494 e. The van der Waals surface area contributed by atoms with Crippen LogP contribution in [-0.4, -0.2) is 25.2 Å². The van der Waals surface area contributed by atoms with Crippen LogP contribution < -0.4 is 10.1 Å². The van der Waals surface area contributed by atoms with Gasteiger partial charge >= 0.3 is 0 Å². The molecule has 0 saturated heterocycles. The summed E-state index contributed by atoms with van der Waals surface area (Å²) in [6.07, 6.45) is 1.85. The lowest BCUT2D eigenvalue weighted by Crippen LogP contribution is -2.33. The Hall–Kier alpha value is -2.33. The molecule has 4 heteroatoms. The van der Waals surface area contributed by atoms with E-state index in [0.717, 1.165) is 24.2 Å². The van der Waals surface area contributed by atoms with Crippen molar-refractivity contribution in [3.8, 4) is 5.75 Å². The molecule has 0 aliphatic carbocycles. The number of nitrogens with one attached hydrogen (secondary N) is 1. The van der Waals surface area contributed by atoms with E-state index in [0.29, 0.717) is 25.4 Å². The van der Waals surface area contributed by atoms with E-state index in [1.54, 1.807) is 6.07 Å². The zero-order valence-corrected chi connectivity index (χ0v) is 16.0. The Morgan fingerprint density at radius 3 is 2.54 bits per heavy atom. The molecule has 2 rings (SSSR count). The fourth-order valence-corrected chi connectivity index (χ4v) is 2.75. The molecule has 1 N–H and O–H groups in total. The van der Waals surface area contributed by atoms with Crippen LogP contribution >= 0.6 is 0 Å². The van der Waals surface area contributed by atoms with Crippen molar-refractivity contribution in [2.24, 2.45) is 0 Å². The van der Waals surface area contributed by atoms with E-state index in [2.05, 4.69) is 17.4 Å². The summed E-state index contributed by atoms with van der Waals surface area (Å²) >= 11 is 0. The molecule has 0 aromatic heterocycles. The van der Waals surface area contributed by atoms with Crippen LogP contribution in [0.25, 0.3) is 0 Å². The van der Waals surface area contributed by atoms with Crippen LogP contribution in [-0.2, 0) is 17.8 Å². The van der Waals surface area contributed by atoms with Crippen LogP contribution in [0.1, 0.15) is 48.7 Å². The van der Waals surface area contributed by atoms with E-state index >= 15 is 0 Å². The van der Waals surface area contributed by atoms with Gasteiger partial charge in [-0.1, -0.05) is 30.3 Å². The van der Waals surface area contributed by atoms with Crippen molar-refractivity contribution >= 4 is 5.91 Å². The molecule has 0 heterocycles. The second-order valence-corrected chi connectivity index (χ2v) is 6.29. The second-order valence-electron chi connectivity index (χ2n) is 6.29. The largest absolute Gasteiger partial charge is 0.494 e. The van der Waals surface area contributed by atoms with Gasteiger partial charge in [0.05, 0.1) is 13.2 Å². The molecule has 140 valence electrons. The van der Waals surface area contributed by atoms with Gasteiger partial charge in [-0.05, 0) is 57.4 Å². The third kappa shape index (κ3) is 6.19. The molecule has 26 heavy (non-hydrogen) atoms. The average Bonchev–Trinajstić information content (AvgIpc) is 2.66. The van der Waals surface area contributed by atoms with E-state index in [4.69, 9.17) is 9.47 Å². The summed E-state index contributed by atoms with van der Waals surface area (Å²) in [5.41, 5.74) is 2.82. The molecule has 0 aliphatic rings. The first kappa shape index (κ1) is 20.0. The molecule has 0 spiro atoms. The van der Waals surface area contributed by atoms with Gasteiger partial charge in [-0.3, -0.25) is 4.79 Å². The van der Waals surface area contributed by atoms with Crippen molar-refractivity contribution in [2.75, 3.05) is 13.2 Å². The van der Waals surface area contributed by atoms with Crippen LogP contribution in [0, 0.1) is 0 Å². The molecule has 4 nitrogen and oxygen atoms in total. The highest BCUT2D eigenvalue weighted by atomic mass is 16.5. The number of ether oxygens (including phenoxy) is 2. The Morgan fingerprint density at radius 1 is 1.08 bits per heavy atom. The van der Waals surface area contributed by atoms with Crippen molar-refractivity contribution in [1.82, 2.24) is 5.32 Å². The summed E-state index contributed by atoms with van der Waals surface area (Å²) < 4.78 is 11.1. The molecule has 2 aromatic carbocycles. The molecule has 0 bridgehead atoms. The quantitative estimate of drug-likeness (QED) is 0.688. The molecule has 1 unspecified atom stereocenters. The minimum absolute atomic E-state index is 0.0636. The first-order valence-corrected chi connectivity index (χ1v) is 9.32. The van der Waals surface area contributed by atoms with Crippen LogP contribution in [0.4, 0.5) is 0 Å². The molecule has 2 aromatic rings. The Kier molecular flexibility index (Phi) is 8.16. The summed E-state index contributed by atoms with van der Waals surface area (Å²) in [4.78, 5) is 12.6. The Bertz CT molecular complexity index is 685. The monoisotopic (exact) mass is 355 g/mol. The number of rotatable bonds is 10. The fourth-order valence-electron chi connectivity index (χ4n) is 2.75. The van der Waals surface area contributed by atoms with Gasteiger partial charge in [0.2, 0.25) is 0 Å². The topological polar surface area (TPSA) is 47.6 Å². The van der Waals surface area contributed by atoms with Gasteiger partial charge in [-0.2, -0.15) is 0 Å². The van der Waals surface area contributed by atoms with Crippen molar-refractivity contribution in [1.29, 1.82) is 0 Å². The number of hydrogen-bond acceptors (Lipinski definition) is 3. The van der Waals surface area contributed by atoms with Crippen molar-refractivity contribution < 1.29 is 14.3 Å². The highest BCUT2D eigenvalue weighted by Crippen LogP contribution is 2.21. The van der Waals surface area contributed by atoms with Gasteiger partial charge in [0.1, 0.15) is 5.75 Å². The molecule has 1 atom stereocenters. The highest BCUT2D eigenvalue weighted by Gasteiger charge is 2.13. The zero-order valence-electron chi connectivity index (χ0n) is 16.0. The molecule has 1 amide bonds. The van der Waals surface area contributed by atoms with Crippen molar-refractivity contribution in [3.63, 3.8) is 0 Å². The predicted molar refractivity (Wildman–Crippen MR) is 105 cm³/mol. The van der Waals surface area contributed by atoms with E-state index in [-0.39, 0.29) is 11.9 Å². The second kappa shape index (κ2) is 10.6. The molecular weight excluding hydrogens is 326 g/mol. The Labute approximate surface area is 156 Å². The lowest BCUT2D eigenvalue weighted by molar-refractivity contribution is 0.0937. The van der Waals surface area contributed by atoms with Gasteiger partial charge in [0.25, 0.3) is 5.91 Å². The summed E-state index contributed by atoms with van der Waals surface area (Å²) in [7, 11) is 0. The Balaban J connectivity index is 1.96. The first-order valence-electron chi connectivity index (χ1n) is 9.32. The maximum atomic E-state index is 12.6. The van der Waals surface area contributed by atoms with Crippen LogP contribution in [0.2, 0.25) is 0 Å². The van der Waals surface area contributed by atoms with Crippen molar-refractivity contribution in [3.05, 3.63) is 65.2 Å². The number of benzene rings is 2. The normalized spacial score (nSPS) is 11.8. The lowest BCUT2D eigenvalue weighted by Gasteiger charge is -2.16. The average molecular weight is 355 g/mol. The molecular formula is C22H29NO3. The van der Waals surface area contributed by atoms with Gasteiger partial charge in [-0.25, -0.2) is 0 Å². The van der Waals surface area contributed by atoms with Crippen LogP contribution in [0.3, 0.4) is 0 Å². The van der Waals surface area contributed by atoms with Crippen molar-refractivity contribution in [2.45, 2.75) is 46.3 Å². The van der Waals surface area contributed by atoms with E-state index in [1.807, 2.05) is 51.1 Å². The fraction of sp³-hybridized carbons (Fsp3) is 0.409. The number of hydrogen-bond donors (Lipinski definition) is 1. The summed E-state index contributed by atoms with van der Waals surface area (Å²) in [5.74, 6) is 0.709. The van der Waals surface area contributed by atoms with Gasteiger partial charge in [-0.15, -0.1) is 0 Å². The molecule has 0 radical (unpaired) electrons. The molecule has 0 fully saturated rings. The van der Waals surface area contributed by atoms with Gasteiger partial charge in [0, 0.05) is 23.8 Å². The third-order valence-corrected chi connectivity index (χ3v) is 4.17. The maximum absolute atomic E-state index is 12.6. The van der Waals surface area contributed by atoms with Crippen LogP contribution in [0.5, 0.6) is 5.75 Å². The number of carbonyl (C=O) groups is 1. The van der Waals surface area contributed by atoms with E-state index in [9.17, 15) is 4.79 Å². The molecule has 0 saturated carbocycles. The Morgan fingerprint density at radius 2 is 1.85 bits per heavy atom. The number of carbonyl (C=O) groups excluding carboxylic acids is 1. The molecule has 0 aliphatic heterocycles. The summed E-state index contributed by atoms with van der Waals surface area (Å²) in [6.45, 7) is 7.58. The van der Waals surface area contributed by atoms with Crippen LogP contribution in [0.15, 0.2) is 48.5 Å². The SMILES string of the molecule is CCOCc1cc(C(=O)NC(C)CCc2ccccc2)ccc1OCC. The third-order valence-electron chi connectivity index (χ3n) is 4.17. The first-order chi connectivity index (χ1) is 12.6.